The van der Waals surface area contributed by atoms with Gasteiger partial charge in [0.05, 0.1) is 11.3 Å². The van der Waals surface area contributed by atoms with Gasteiger partial charge in [0.2, 0.25) is 0 Å². The van der Waals surface area contributed by atoms with Crippen LogP contribution in [0.2, 0.25) is 0 Å². The first-order valence-electron chi connectivity index (χ1n) is 4.12. The first-order valence-corrected chi connectivity index (χ1v) is 5.34. The van der Waals surface area contributed by atoms with Crippen molar-refractivity contribution in [3.05, 3.63) is 11.0 Å². The highest BCUT2D eigenvalue weighted by atomic mass is 32.2. The molecule has 2 N–H and O–H groups in total. The summed E-state index contributed by atoms with van der Waals surface area (Å²) >= 11 is 5.70. The molecule has 6 nitrogen and oxygen atoms in total. The molecular formula is C8H7NO5S2. The second kappa shape index (κ2) is 5.08. The third-order valence-electron chi connectivity index (χ3n) is 1.68. The molecule has 0 aromatic rings. The monoisotopic (exact) mass is 261 g/mol. The van der Waals surface area contributed by atoms with E-state index >= 15 is 0 Å². The first kappa shape index (κ1) is 12.7. The number of carbonyl (C=O) groups is 3. The predicted molar refractivity (Wildman–Crippen MR) is 59.9 cm³/mol. The number of hydrogen-bond donors (Lipinski definition) is 2. The van der Waals surface area contributed by atoms with Crippen LogP contribution in [0.1, 0.15) is 6.42 Å². The smallest absolute Gasteiger partial charge is 0.329 e. The fourth-order valence-corrected chi connectivity index (χ4v) is 2.29. The molecule has 0 spiro atoms. The molecule has 0 saturated carbocycles. The molecule has 0 unspecified atom stereocenters. The van der Waals surface area contributed by atoms with Crippen molar-refractivity contribution >= 4 is 46.1 Å². The van der Waals surface area contributed by atoms with E-state index in [-0.39, 0.29) is 22.2 Å². The second-order valence-electron chi connectivity index (χ2n) is 2.82. The van der Waals surface area contributed by atoms with Gasteiger partial charge in [0.1, 0.15) is 4.32 Å². The Morgan fingerprint density at radius 3 is 2.56 bits per heavy atom. The van der Waals surface area contributed by atoms with Gasteiger partial charge in [-0.25, -0.2) is 4.79 Å². The molecule has 0 bridgehead atoms. The number of aliphatic carboxylic acids is 2. The summed E-state index contributed by atoms with van der Waals surface area (Å²) in [5, 5.41) is 16.9. The van der Waals surface area contributed by atoms with Crippen LogP contribution in [0, 0.1) is 0 Å². The van der Waals surface area contributed by atoms with Crippen LogP contribution in [0.15, 0.2) is 11.0 Å². The number of rotatable bonds is 4. The van der Waals surface area contributed by atoms with E-state index < -0.39 is 17.8 Å². The fourth-order valence-electron chi connectivity index (χ4n) is 1.01. The minimum Gasteiger partial charge on any atom is -0.481 e. The molecule has 0 radical (unpaired) electrons. The highest BCUT2D eigenvalue weighted by Gasteiger charge is 2.32. The quantitative estimate of drug-likeness (QED) is 0.554. The Hall–Kier alpha value is -1.41. The van der Waals surface area contributed by atoms with Crippen LogP contribution >= 0.6 is 24.0 Å². The van der Waals surface area contributed by atoms with Gasteiger partial charge in [-0.2, -0.15) is 0 Å². The van der Waals surface area contributed by atoms with Crippen molar-refractivity contribution in [2.45, 2.75) is 6.42 Å². The molecule has 1 aliphatic heterocycles. The molecular weight excluding hydrogens is 254 g/mol. The molecule has 1 saturated heterocycles. The van der Waals surface area contributed by atoms with Gasteiger partial charge in [0, 0.05) is 12.6 Å². The molecule has 86 valence electrons. The van der Waals surface area contributed by atoms with Gasteiger partial charge < -0.3 is 10.2 Å². The number of thioether (sulfide) groups is 1. The summed E-state index contributed by atoms with van der Waals surface area (Å²) in [6, 6.07) is 0. The van der Waals surface area contributed by atoms with Crippen LogP contribution < -0.4 is 0 Å². The van der Waals surface area contributed by atoms with E-state index in [0.29, 0.717) is 0 Å². The molecule has 0 aliphatic carbocycles. The van der Waals surface area contributed by atoms with Crippen LogP contribution in [0.4, 0.5) is 0 Å². The summed E-state index contributed by atoms with van der Waals surface area (Å²) in [6.07, 6.45) is 0.535. The number of carboxylic acids is 2. The maximum absolute atomic E-state index is 11.6. The van der Waals surface area contributed by atoms with E-state index in [1.165, 1.54) is 0 Å². The van der Waals surface area contributed by atoms with Crippen molar-refractivity contribution in [1.29, 1.82) is 0 Å². The lowest BCUT2D eigenvalue weighted by atomic mass is 10.3. The van der Waals surface area contributed by atoms with Crippen molar-refractivity contribution < 1.29 is 24.6 Å². The summed E-state index contributed by atoms with van der Waals surface area (Å²) in [6.45, 7) is -0.0447. The molecule has 1 aliphatic rings. The number of hydrogen-bond acceptors (Lipinski definition) is 5. The number of nitrogens with zero attached hydrogens (tertiary/aromatic N) is 1. The van der Waals surface area contributed by atoms with Gasteiger partial charge >= 0.3 is 11.9 Å². The fraction of sp³-hybridized carbons (Fsp3) is 0.250. The summed E-state index contributed by atoms with van der Waals surface area (Å²) in [5.74, 6) is -2.84. The number of carbonyl (C=O) groups excluding carboxylic acids is 1. The number of thiocarbonyl (C=S) groups is 1. The third-order valence-corrected chi connectivity index (χ3v) is 3.06. The summed E-state index contributed by atoms with van der Waals surface area (Å²) in [4.78, 5) is 33.4. The molecule has 0 aromatic heterocycles. The largest absolute Gasteiger partial charge is 0.481 e. The van der Waals surface area contributed by atoms with Gasteiger partial charge in [-0.3, -0.25) is 14.5 Å². The van der Waals surface area contributed by atoms with Crippen molar-refractivity contribution in [3.8, 4) is 0 Å². The van der Waals surface area contributed by atoms with Crippen LogP contribution in [0.3, 0.4) is 0 Å². The van der Waals surface area contributed by atoms with E-state index in [1.807, 2.05) is 0 Å². The van der Waals surface area contributed by atoms with E-state index in [0.717, 1.165) is 22.7 Å². The Kier molecular flexibility index (Phi) is 4.02. The molecule has 0 aromatic carbocycles. The molecule has 0 atom stereocenters. The maximum atomic E-state index is 11.6. The zero-order valence-electron chi connectivity index (χ0n) is 7.87. The van der Waals surface area contributed by atoms with Crippen LogP contribution in [0.25, 0.3) is 0 Å². The van der Waals surface area contributed by atoms with Gasteiger partial charge in [-0.1, -0.05) is 24.0 Å². The van der Waals surface area contributed by atoms with Crippen molar-refractivity contribution in [2.75, 3.05) is 6.54 Å². The van der Waals surface area contributed by atoms with Gasteiger partial charge in [0.15, 0.2) is 0 Å². The van der Waals surface area contributed by atoms with E-state index in [2.05, 4.69) is 0 Å². The summed E-state index contributed by atoms with van der Waals surface area (Å²) in [7, 11) is 0. The third kappa shape index (κ3) is 3.04. The molecule has 8 heteroatoms. The Morgan fingerprint density at radius 2 is 2.06 bits per heavy atom. The van der Waals surface area contributed by atoms with Crippen molar-refractivity contribution in [2.24, 2.45) is 0 Å². The Bertz CT molecular complexity index is 403. The van der Waals surface area contributed by atoms with E-state index in [9.17, 15) is 14.4 Å². The second-order valence-corrected chi connectivity index (χ2v) is 4.49. The predicted octanol–water partition coefficient (Wildman–Crippen LogP) is 0.290. The number of carboxylic acid groups (broad SMARTS) is 2. The zero-order chi connectivity index (χ0) is 12.3. The first-order chi connectivity index (χ1) is 7.41. The molecule has 1 fully saturated rings. The summed E-state index contributed by atoms with van der Waals surface area (Å²) < 4.78 is 0.179. The van der Waals surface area contributed by atoms with Crippen LogP contribution in [-0.2, 0) is 14.4 Å². The van der Waals surface area contributed by atoms with Crippen molar-refractivity contribution in [1.82, 2.24) is 4.90 Å². The minimum atomic E-state index is -1.24. The normalized spacial score (nSPS) is 18.2. The standard InChI is InChI=1S/C8H7NO5S2/c10-5(11)1-2-9-7(14)4(3-6(12)13)16-8(9)15/h3H,1-2H2,(H,10,11)(H,12,13). The maximum Gasteiger partial charge on any atom is 0.329 e. The van der Waals surface area contributed by atoms with E-state index in [4.69, 9.17) is 22.4 Å². The molecule has 16 heavy (non-hydrogen) atoms. The Morgan fingerprint density at radius 1 is 1.44 bits per heavy atom. The average molecular weight is 261 g/mol. The highest BCUT2D eigenvalue weighted by Crippen LogP contribution is 2.30. The molecule has 1 heterocycles. The van der Waals surface area contributed by atoms with E-state index in [1.54, 1.807) is 0 Å². The summed E-state index contributed by atoms with van der Waals surface area (Å²) in [5.41, 5.74) is 0. The Labute approximate surface area is 99.9 Å². The minimum absolute atomic E-state index is 0.00267. The number of amides is 1. The SMILES string of the molecule is O=C(O)C=C1SC(=S)N(CCC(=O)O)C1=O. The lowest BCUT2D eigenvalue weighted by Crippen LogP contribution is -2.30. The lowest BCUT2D eigenvalue weighted by Gasteiger charge is -2.11. The highest BCUT2D eigenvalue weighted by molar-refractivity contribution is 8.26. The molecule has 1 amide bonds. The Balaban J connectivity index is 2.75. The van der Waals surface area contributed by atoms with Crippen molar-refractivity contribution in [3.63, 3.8) is 0 Å². The van der Waals surface area contributed by atoms with Gasteiger partial charge in [0.25, 0.3) is 5.91 Å². The zero-order valence-corrected chi connectivity index (χ0v) is 9.51. The van der Waals surface area contributed by atoms with Gasteiger partial charge in [-0.05, 0) is 0 Å². The average Bonchev–Trinajstić information content (AvgIpc) is 2.39. The topological polar surface area (TPSA) is 94.9 Å². The van der Waals surface area contributed by atoms with Crippen LogP contribution in [0.5, 0.6) is 0 Å². The van der Waals surface area contributed by atoms with Gasteiger partial charge in [-0.15, -0.1) is 0 Å². The lowest BCUT2D eigenvalue weighted by molar-refractivity contribution is -0.137. The molecule has 1 rings (SSSR count). The van der Waals surface area contributed by atoms with Crippen LogP contribution in [-0.4, -0.2) is 43.8 Å².